The van der Waals surface area contributed by atoms with Gasteiger partial charge in [-0.2, -0.15) is 95.1 Å². The second-order valence-corrected chi connectivity index (χ2v) is 22.5. The lowest BCUT2D eigenvalue weighted by molar-refractivity contribution is -0.193. The third kappa shape index (κ3) is 32.1. The highest BCUT2D eigenvalue weighted by atomic mass is 127. The first-order valence-corrected chi connectivity index (χ1v) is 28.2. The van der Waals surface area contributed by atoms with E-state index in [1.54, 1.807) is 0 Å². The first-order chi connectivity index (χ1) is 42.0. The molecule has 1 saturated heterocycles. The molecule has 40 heteroatoms. The Morgan fingerprint density at radius 1 is 0.587 bits per heavy atom. The SMILES string of the molecule is CC(=O)OCc1ccc(C)c(C(F)(F)F)c1B1OCC(C)(C)CO1.CC(=O)OCc1ccc(C)c(C(F)(F)F)c1Br.CC(=O)OCc1ccc(C)c(I)c1Br.CC(F)(F)S(=O)(=O)F.O=C(O)c1ccc2c(c1C(F)(F)F)B(O)OC2.O=C=O.O=C=O.O=C=O.O=C=O. The van der Waals surface area contributed by atoms with Crippen LogP contribution in [0, 0.1) is 29.8 Å². The normalized spacial score (nSPS) is 12.6. The van der Waals surface area contributed by atoms with Crippen LogP contribution in [0.3, 0.4) is 0 Å². The van der Waals surface area contributed by atoms with Gasteiger partial charge in [0, 0.05) is 80.9 Å². The number of carboxylic acid groups (broad SMARTS) is 1. The van der Waals surface area contributed by atoms with E-state index < -0.39 is 93.9 Å². The van der Waals surface area contributed by atoms with Gasteiger partial charge in [-0.3, -0.25) is 14.4 Å². The van der Waals surface area contributed by atoms with Crippen molar-refractivity contribution in [1.29, 1.82) is 0 Å². The summed E-state index contributed by atoms with van der Waals surface area (Å²) in [7, 11) is -8.55. The lowest BCUT2D eigenvalue weighted by atomic mass is 9.69. The summed E-state index contributed by atoms with van der Waals surface area (Å²) < 4.78 is 202. The van der Waals surface area contributed by atoms with E-state index in [9.17, 15) is 84.8 Å². The number of rotatable bonds is 9. The van der Waals surface area contributed by atoms with Crippen molar-refractivity contribution in [2.75, 3.05) is 13.2 Å². The number of aromatic carboxylic acids is 1. The number of carbonyl (C=O) groups is 4. The van der Waals surface area contributed by atoms with Crippen LogP contribution in [-0.2, 0) is 136 Å². The first-order valence-electron chi connectivity index (χ1n) is 24.2. The van der Waals surface area contributed by atoms with Gasteiger partial charge >= 0.3 is 96.7 Å². The Hall–Kier alpha value is -6.95. The van der Waals surface area contributed by atoms with Crippen LogP contribution in [-0.4, -0.2) is 99.7 Å². The highest BCUT2D eigenvalue weighted by molar-refractivity contribution is 14.1. The number of esters is 3. The molecule has 4 aromatic rings. The molecule has 0 unspecified atom stereocenters. The van der Waals surface area contributed by atoms with Crippen molar-refractivity contribution >= 4 is 138 Å². The van der Waals surface area contributed by atoms with E-state index in [0.717, 1.165) is 19.7 Å². The van der Waals surface area contributed by atoms with Crippen LogP contribution in [0.5, 0.6) is 0 Å². The molecule has 0 spiro atoms. The van der Waals surface area contributed by atoms with E-state index in [2.05, 4.69) is 63.8 Å². The van der Waals surface area contributed by atoms with Crippen molar-refractivity contribution < 1.29 is 156 Å². The summed E-state index contributed by atoms with van der Waals surface area (Å²) in [6.07, 6.45) is -12.9. The lowest BCUT2D eigenvalue weighted by Crippen LogP contribution is -2.51. The molecule has 1 fully saturated rings. The fraction of sp³-hybridized carbons (Fsp3) is 0.385. The van der Waals surface area contributed by atoms with Gasteiger partial charge in [-0.1, -0.05) is 60.2 Å². The Bertz CT molecular complexity index is 3360. The summed E-state index contributed by atoms with van der Waals surface area (Å²) in [6.45, 7) is 12.7. The zero-order valence-corrected chi connectivity index (χ0v) is 54.8. The number of carbonyl (C=O) groups excluding carboxylic acids is 11. The third-order valence-corrected chi connectivity index (χ3v) is 15.4. The monoisotopic (exact) mass is 1590 g/mol. The van der Waals surface area contributed by atoms with Gasteiger partial charge in [0.2, 0.25) is 0 Å². The highest BCUT2D eigenvalue weighted by Gasteiger charge is 2.46. The third-order valence-electron chi connectivity index (χ3n) is 10.6. The Labute approximate surface area is 545 Å². The molecule has 0 bridgehead atoms. The molecule has 4 aromatic carbocycles. The fourth-order valence-electron chi connectivity index (χ4n) is 6.72. The largest absolute Gasteiger partial charge is 0.494 e. The number of hydrogen-bond acceptors (Lipinski definition) is 21. The van der Waals surface area contributed by atoms with E-state index in [-0.39, 0.29) is 114 Å². The van der Waals surface area contributed by atoms with E-state index in [1.165, 1.54) is 70.5 Å². The van der Waals surface area contributed by atoms with Crippen LogP contribution in [0.25, 0.3) is 0 Å². The molecule has 2 N–H and O–H groups in total. The van der Waals surface area contributed by atoms with Crippen molar-refractivity contribution in [2.45, 2.75) is 113 Å². The molecule has 0 atom stereocenters. The average molecular weight is 1590 g/mol. The van der Waals surface area contributed by atoms with Gasteiger partial charge in [0.1, 0.15) is 19.8 Å². The Morgan fingerprint density at radius 3 is 1.27 bits per heavy atom. The van der Waals surface area contributed by atoms with Gasteiger partial charge < -0.3 is 38.3 Å². The minimum absolute atomic E-state index is 0.0255. The van der Waals surface area contributed by atoms with E-state index in [4.69, 9.17) is 62.2 Å². The van der Waals surface area contributed by atoms with Gasteiger partial charge in [0.05, 0.1) is 28.9 Å². The fourth-order valence-corrected chi connectivity index (χ4v) is 8.59. The molecule has 92 heavy (non-hydrogen) atoms. The molecule has 506 valence electrons. The molecule has 2 aliphatic heterocycles. The van der Waals surface area contributed by atoms with E-state index in [0.29, 0.717) is 6.61 Å². The van der Waals surface area contributed by atoms with Crippen LogP contribution < -0.4 is 10.9 Å². The van der Waals surface area contributed by atoms with Gasteiger partial charge in [-0.05, 0) is 109 Å². The van der Waals surface area contributed by atoms with Crippen LogP contribution in [0.4, 0.5) is 52.2 Å². The summed E-state index contributed by atoms with van der Waals surface area (Å²) in [5, 5.41) is 13.8. The maximum Gasteiger partial charge on any atom is 0.494 e. The number of ether oxygens (including phenoxy) is 3. The molecular formula is C52H49B2Br2F12IO22S. The summed E-state index contributed by atoms with van der Waals surface area (Å²) in [5.74, 6) is -3.06. The van der Waals surface area contributed by atoms with Crippen molar-refractivity contribution in [3.63, 3.8) is 0 Å². The molecule has 2 heterocycles. The molecule has 0 radical (unpaired) electrons. The smallest absolute Gasteiger partial charge is 0.478 e. The molecule has 0 saturated carbocycles. The summed E-state index contributed by atoms with van der Waals surface area (Å²) >= 11 is 8.65. The van der Waals surface area contributed by atoms with Crippen molar-refractivity contribution in [3.05, 3.63) is 122 Å². The predicted octanol–water partition coefficient (Wildman–Crippen LogP) is 9.30. The molecular weight excluding hydrogens is 1540 g/mol. The van der Waals surface area contributed by atoms with Gasteiger partial charge in [0.25, 0.3) is 0 Å². The minimum Gasteiger partial charge on any atom is -0.478 e. The Kier molecular flexibility index (Phi) is 39.7. The second-order valence-electron chi connectivity index (χ2n) is 18.3. The van der Waals surface area contributed by atoms with Crippen LogP contribution >= 0.6 is 54.5 Å². The number of alkyl halides is 11. The summed E-state index contributed by atoms with van der Waals surface area (Å²) in [6, 6.07) is 11.8. The zero-order chi connectivity index (χ0) is 72.7. The first kappa shape index (κ1) is 89.2. The van der Waals surface area contributed by atoms with Crippen LogP contribution in [0.2, 0.25) is 0 Å². The van der Waals surface area contributed by atoms with Crippen molar-refractivity contribution in [3.8, 4) is 0 Å². The molecule has 0 aromatic heterocycles. The predicted molar refractivity (Wildman–Crippen MR) is 301 cm³/mol. The van der Waals surface area contributed by atoms with E-state index in [1.807, 2.05) is 32.9 Å². The zero-order valence-electron chi connectivity index (χ0n) is 48.7. The minimum atomic E-state index is -5.67. The van der Waals surface area contributed by atoms with Crippen LogP contribution in [0.15, 0.2) is 57.5 Å². The number of hydrogen-bond donors (Lipinski definition) is 2. The molecule has 6 rings (SSSR count). The Morgan fingerprint density at radius 2 is 0.924 bits per heavy atom. The highest BCUT2D eigenvalue weighted by Crippen LogP contribution is 2.40. The quantitative estimate of drug-likeness (QED) is 0.0393. The lowest BCUT2D eigenvalue weighted by Gasteiger charge is -2.34. The van der Waals surface area contributed by atoms with Gasteiger partial charge in [0.15, 0.2) is 0 Å². The Balaban J connectivity index is -0.00000106. The average Bonchev–Trinajstić information content (AvgIpc) is 1.33. The standard InChI is InChI=1S/C16H20BF3O4.C11H10BrF3O2.C10H10BrIO2.C9H6BF3O4.C2H3F3O2S.4CO2/c1-10-5-6-12(7-22-11(2)21)14(13(10)16(18,19)20)17-23-8-15(3,4)9-24-17;1-6-3-4-8(5-17-7(2)16)10(12)9(6)11(13,14)15;1-6-3-4-8(5-14-7(2)13)9(11)10(6)12;11-9(12,13)6-5(8(14)15)2-1-4-3-17-10(16)7(4)6;1-2(3,4)8(5,6)7;4*2-1-3/h5-6H,7-9H2,1-4H3;3-4H,5H2,1-2H3;3-4H,5H2,1-2H3;1-2,16H,3H2,(H,14,15);1H3;;;;. The summed E-state index contributed by atoms with van der Waals surface area (Å²) in [4.78, 5) is 108. The maximum absolute atomic E-state index is 13.6. The van der Waals surface area contributed by atoms with Gasteiger partial charge in [-0.25, -0.2) is 4.79 Å². The number of benzene rings is 4. The van der Waals surface area contributed by atoms with Gasteiger partial charge in [-0.15, -0.1) is 0 Å². The number of carboxylic acids is 1. The second kappa shape index (κ2) is 40.9. The topological polar surface area (TPSA) is 335 Å². The number of fused-ring (bicyclic) bond motifs is 1. The van der Waals surface area contributed by atoms with Crippen molar-refractivity contribution in [2.24, 2.45) is 5.41 Å². The molecule has 0 amide bonds. The number of aryl methyl sites for hydroxylation is 3. The number of halogens is 15. The molecule has 22 nitrogen and oxygen atoms in total. The van der Waals surface area contributed by atoms with Crippen molar-refractivity contribution in [1.82, 2.24) is 0 Å². The maximum atomic E-state index is 13.6. The molecule has 2 aliphatic rings. The van der Waals surface area contributed by atoms with E-state index >= 15 is 0 Å². The summed E-state index contributed by atoms with van der Waals surface area (Å²) in [5.41, 5.74) is -1.57. The van der Waals surface area contributed by atoms with Crippen LogP contribution in [0.1, 0.15) is 108 Å². The molecule has 0 aliphatic carbocycles.